The van der Waals surface area contributed by atoms with Gasteiger partial charge in [-0.25, -0.2) is 0 Å². The minimum Gasteiger partial charge on any atom is -0.494 e. The molecule has 0 spiro atoms. The maximum absolute atomic E-state index is 5.87. The standard InChI is InChI=1S/C25H36O2/c1-4-6-7-8-9-10-19-26-24-15-11-22(12-16-24)23-13-17-25(18-14-23)27-20-21(3)5-2/h11-18,21H,4-10,19-20H2,1-3H3. The van der Waals surface area contributed by atoms with Gasteiger partial charge in [0.2, 0.25) is 0 Å². The Morgan fingerprint density at radius 2 is 1.19 bits per heavy atom. The molecule has 0 aliphatic carbocycles. The number of ether oxygens (including phenoxy) is 2. The summed E-state index contributed by atoms with van der Waals surface area (Å²) in [4.78, 5) is 0. The fourth-order valence-corrected chi connectivity index (χ4v) is 2.92. The first-order chi connectivity index (χ1) is 13.2. The molecule has 1 atom stereocenters. The van der Waals surface area contributed by atoms with Gasteiger partial charge in [-0.3, -0.25) is 0 Å². The quantitative estimate of drug-likeness (QED) is 0.340. The molecule has 0 amide bonds. The van der Waals surface area contributed by atoms with E-state index >= 15 is 0 Å². The highest BCUT2D eigenvalue weighted by Gasteiger charge is 2.03. The summed E-state index contributed by atoms with van der Waals surface area (Å²) in [5.74, 6) is 2.49. The van der Waals surface area contributed by atoms with E-state index in [9.17, 15) is 0 Å². The van der Waals surface area contributed by atoms with Crippen LogP contribution in [0.15, 0.2) is 48.5 Å². The third-order valence-corrected chi connectivity index (χ3v) is 5.04. The number of benzene rings is 2. The van der Waals surface area contributed by atoms with Gasteiger partial charge in [-0.2, -0.15) is 0 Å². The first kappa shape index (κ1) is 21.3. The van der Waals surface area contributed by atoms with Gasteiger partial charge in [0.25, 0.3) is 0 Å². The van der Waals surface area contributed by atoms with Crippen molar-refractivity contribution in [3.63, 3.8) is 0 Å². The van der Waals surface area contributed by atoms with Gasteiger partial charge in [-0.1, -0.05) is 83.6 Å². The largest absolute Gasteiger partial charge is 0.494 e. The van der Waals surface area contributed by atoms with Gasteiger partial charge in [0, 0.05) is 0 Å². The van der Waals surface area contributed by atoms with E-state index in [1.165, 1.54) is 43.2 Å². The zero-order valence-corrected chi connectivity index (χ0v) is 17.4. The third kappa shape index (κ3) is 8.07. The van der Waals surface area contributed by atoms with Crippen molar-refractivity contribution in [1.29, 1.82) is 0 Å². The summed E-state index contributed by atoms with van der Waals surface area (Å²) in [6.45, 7) is 8.25. The normalized spacial score (nSPS) is 12.0. The Bertz CT molecular complexity index is 616. The molecule has 0 N–H and O–H groups in total. The van der Waals surface area contributed by atoms with Crippen LogP contribution in [0.5, 0.6) is 11.5 Å². The second-order valence-electron chi connectivity index (χ2n) is 7.49. The van der Waals surface area contributed by atoms with E-state index in [1.54, 1.807) is 0 Å². The van der Waals surface area contributed by atoms with Crippen molar-refractivity contribution in [1.82, 2.24) is 0 Å². The van der Waals surface area contributed by atoms with Gasteiger partial charge in [0.05, 0.1) is 13.2 Å². The van der Waals surface area contributed by atoms with E-state index in [4.69, 9.17) is 9.47 Å². The molecule has 0 fully saturated rings. The van der Waals surface area contributed by atoms with Crippen molar-refractivity contribution in [2.75, 3.05) is 13.2 Å². The van der Waals surface area contributed by atoms with Crippen molar-refractivity contribution in [3.8, 4) is 22.6 Å². The van der Waals surface area contributed by atoms with Gasteiger partial charge in [0.15, 0.2) is 0 Å². The summed E-state index contributed by atoms with van der Waals surface area (Å²) in [6.07, 6.45) is 8.89. The Balaban J connectivity index is 1.75. The van der Waals surface area contributed by atoms with Crippen LogP contribution in [0.1, 0.15) is 65.7 Å². The molecule has 0 bridgehead atoms. The third-order valence-electron chi connectivity index (χ3n) is 5.04. The molecule has 1 unspecified atom stereocenters. The summed E-state index contributed by atoms with van der Waals surface area (Å²) < 4.78 is 11.7. The molecule has 0 saturated carbocycles. The number of rotatable bonds is 13. The van der Waals surface area contributed by atoms with E-state index in [-0.39, 0.29) is 0 Å². The highest BCUT2D eigenvalue weighted by atomic mass is 16.5. The van der Waals surface area contributed by atoms with Crippen LogP contribution in [0, 0.1) is 5.92 Å². The van der Waals surface area contributed by atoms with Gasteiger partial charge in [0.1, 0.15) is 11.5 Å². The number of hydrogen-bond donors (Lipinski definition) is 0. The van der Waals surface area contributed by atoms with E-state index in [0.29, 0.717) is 5.92 Å². The Morgan fingerprint density at radius 1 is 0.667 bits per heavy atom. The van der Waals surface area contributed by atoms with Crippen LogP contribution in [0.2, 0.25) is 0 Å². The lowest BCUT2D eigenvalue weighted by molar-refractivity contribution is 0.256. The minimum atomic E-state index is 0.591. The predicted octanol–water partition coefficient (Wildman–Crippen LogP) is 7.52. The zero-order chi connectivity index (χ0) is 19.3. The summed E-state index contributed by atoms with van der Waals surface area (Å²) in [5.41, 5.74) is 2.41. The van der Waals surface area contributed by atoms with Crippen molar-refractivity contribution in [3.05, 3.63) is 48.5 Å². The molecule has 2 nitrogen and oxygen atoms in total. The predicted molar refractivity (Wildman–Crippen MR) is 116 cm³/mol. The van der Waals surface area contributed by atoms with Gasteiger partial charge in [-0.15, -0.1) is 0 Å². The van der Waals surface area contributed by atoms with E-state index in [0.717, 1.165) is 37.6 Å². The van der Waals surface area contributed by atoms with Crippen LogP contribution >= 0.6 is 0 Å². The molecular formula is C25H36O2. The van der Waals surface area contributed by atoms with Crippen LogP contribution < -0.4 is 9.47 Å². The minimum absolute atomic E-state index is 0.591. The lowest BCUT2D eigenvalue weighted by Gasteiger charge is -2.11. The second-order valence-corrected chi connectivity index (χ2v) is 7.49. The van der Waals surface area contributed by atoms with E-state index < -0.39 is 0 Å². The average molecular weight is 369 g/mol. The molecule has 2 aromatic rings. The Morgan fingerprint density at radius 3 is 1.74 bits per heavy atom. The SMILES string of the molecule is CCCCCCCCOc1ccc(-c2ccc(OCC(C)CC)cc2)cc1. The average Bonchev–Trinajstić information content (AvgIpc) is 2.72. The van der Waals surface area contributed by atoms with Crippen molar-refractivity contribution >= 4 is 0 Å². The molecule has 2 rings (SSSR count). The molecule has 0 heterocycles. The van der Waals surface area contributed by atoms with Gasteiger partial charge in [-0.05, 0) is 47.7 Å². The van der Waals surface area contributed by atoms with Crippen molar-refractivity contribution in [2.24, 2.45) is 5.92 Å². The number of unbranched alkanes of at least 4 members (excludes halogenated alkanes) is 5. The Hall–Kier alpha value is -1.96. The summed E-state index contributed by atoms with van der Waals surface area (Å²) in [6, 6.07) is 16.8. The Labute approximate surface area is 165 Å². The van der Waals surface area contributed by atoms with Gasteiger partial charge < -0.3 is 9.47 Å². The summed E-state index contributed by atoms with van der Waals surface area (Å²) >= 11 is 0. The highest BCUT2D eigenvalue weighted by Crippen LogP contribution is 2.25. The topological polar surface area (TPSA) is 18.5 Å². The van der Waals surface area contributed by atoms with Crippen LogP contribution in [0.25, 0.3) is 11.1 Å². The maximum atomic E-state index is 5.87. The fraction of sp³-hybridized carbons (Fsp3) is 0.520. The maximum Gasteiger partial charge on any atom is 0.119 e. The molecule has 2 heteroatoms. The lowest BCUT2D eigenvalue weighted by atomic mass is 10.1. The monoisotopic (exact) mass is 368 g/mol. The molecule has 27 heavy (non-hydrogen) atoms. The Kier molecular flexibility index (Phi) is 9.83. The molecule has 0 aromatic heterocycles. The molecule has 0 aliphatic heterocycles. The molecule has 148 valence electrons. The molecule has 0 radical (unpaired) electrons. The summed E-state index contributed by atoms with van der Waals surface area (Å²) in [7, 11) is 0. The lowest BCUT2D eigenvalue weighted by Crippen LogP contribution is -2.06. The smallest absolute Gasteiger partial charge is 0.119 e. The molecular weight excluding hydrogens is 332 g/mol. The number of hydrogen-bond acceptors (Lipinski definition) is 2. The molecule has 0 aliphatic rings. The first-order valence-corrected chi connectivity index (χ1v) is 10.7. The van der Waals surface area contributed by atoms with Crippen molar-refractivity contribution in [2.45, 2.75) is 65.7 Å². The molecule has 2 aromatic carbocycles. The molecule has 0 saturated heterocycles. The fourth-order valence-electron chi connectivity index (χ4n) is 2.92. The van der Waals surface area contributed by atoms with E-state index in [1.807, 2.05) is 0 Å². The van der Waals surface area contributed by atoms with Crippen molar-refractivity contribution < 1.29 is 9.47 Å². The van der Waals surface area contributed by atoms with Crippen LogP contribution in [-0.4, -0.2) is 13.2 Å². The van der Waals surface area contributed by atoms with E-state index in [2.05, 4.69) is 69.3 Å². The van der Waals surface area contributed by atoms with Crippen LogP contribution in [0.4, 0.5) is 0 Å². The van der Waals surface area contributed by atoms with Crippen LogP contribution in [-0.2, 0) is 0 Å². The van der Waals surface area contributed by atoms with Gasteiger partial charge >= 0.3 is 0 Å². The second kappa shape index (κ2) is 12.4. The first-order valence-electron chi connectivity index (χ1n) is 10.7. The summed E-state index contributed by atoms with van der Waals surface area (Å²) in [5, 5.41) is 0. The van der Waals surface area contributed by atoms with Crippen LogP contribution in [0.3, 0.4) is 0 Å². The highest BCUT2D eigenvalue weighted by molar-refractivity contribution is 5.64. The zero-order valence-electron chi connectivity index (χ0n) is 17.4.